The van der Waals surface area contributed by atoms with Gasteiger partial charge in [0, 0.05) is 43.5 Å². The molecule has 13 heteroatoms. The van der Waals surface area contributed by atoms with Gasteiger partial charge in [-0.2, -0.15) is 23.4 Å². The maximum absolute atomic E-state index is 15.9. The lowest BCUT2D eigenvalue weighted by Gasteiger charge is -2.48. The zero-order valence-electron chi connectivity index (χ0n) is 25.0. The molecule has 6 rings (SSSR count). The predicted octanol–water partition coefficient (Wildman–Crippen LogP) is 7.04. The van der Waals surface area contributed by atoms with E-state index < -0.39 is 34.7 Å². The lowest BCUT2D eigenvalue weighted by atomic mass is 9.88. The van der Waals surface area contributed by atoms with Crippen LogP contribution in [0.15, 0.2) is 67.1 Å². The van der Waals surface area contributed by atoms with Crippen LogP contribution in [0.5, 0.6) is 11.5 Å². The van der Waals surface area contributed by atoms with Crippen molar-refractivity contribution in [2.24, 2.45) is 0 Å². The smallest absolute Gasteiger partial charge is 0.422 e. The number of anilines is 1. The van der Waals surface area contributed by atoms with E-state index in [1.807, 2.05) is 0 Å². The van der Waals surface area contributed by atoms with Gasteiger partial charge in [-0.1, -0.05) is 19.1 Å². The number of alkyl halides is 3. The molecular formula is C33H31F5N6O2. The van der Waals surface area contributed by atoms with Gasteiger partial charge in [-0.3, -0.25) is 0 Å². The van der Waals surface area contributed by atoms with E-state index in [1.54, 1.807) is 17.0 Å². The third kappa shape index (κ3) is 6.70. The number of morpholine rings is 1. The fourth-order valence-electron chi connectivity index (χ4n) is 5.94. The first-order chi connectivity index (χ1) is 22.2. The van der Waals surface area contributed by atoms with Gasteiger partial charge in [0.05, 0.1) is 36.0 Å². The first-order valence-corrected chi connectivity index (χ1v) is 14.9. The number of piperidine rings is 1. The molecule has 2 aromatic carbocycles. The Balaban J connectivity index is 1.46. The van der Waals surface area contributed by atoms with E-state index in [0.717, 1.165) is 37.8 Å². The molecule has 0 atom stereocenters. The molecule has 46 heavy (non-hydrogen) atoms. The van der Waals surface area contributed by atoms with E-state index in [1.165, 1.54) is 42.9 Å². The monoisotopic (exact) mass is 638 g/mol. The summed E-state index contributed by atoms with van der Waals surface area (Å²) in [6.45, 7) is 4.86. The van der Waals surface area contributed by atoms with Gasteiger partial charge < -0.3 is 19.3 Å². The predicted molar refractivity (Wildman–Crippen MR) is 162 cm³/mol. The summed E-state index contributed by atoms with van der Waals surface area (Å²) in [5.41, 5.74) is -1.24. The summed E-state index contributed by atoms with van der Waals surface area (Å²) in [7, 11) is 0. The molecule has 0 aliphatic carbocycles. The number of ether oxygens (including phenoxy) is 2. The molecule has 4 heterocycles. The lowest BCUT2D eigenvalue weighted by Crippen LogP contribution is -2.57. The Morgan fingerprint density at radius 1 is 1.00 bits per heavy atom. The summed E-state index contributed by atoms with van der Waals surface area (Å²) >= 11 is 0. The topological polar surface area (TPSA) is 76.5 Å². The van der Waals surface area contributed by atoms with Crippen LogP contribution in [-0.2, 0) is 10.9 Å². The standard InChI is InChI=1S/C33H31F5N6O2/c1-2-43-15-11-32(12-16-43)21-44(17-18-45-32)30-22(19-25(35)31-39-13-10-26(42-31)23-9-14-40-41-20-23)7-8-28(29(30)33(36,37)38)46-27-6-4-3-5-24(27)34/h3-10,13-14,19-20H,2,11-12,15-18,21H2,1H3/b25-19-. The molecule has 0 unspecified atom stereocenters. The van der Waals surface area contributed by atoms with Gasteiger partial charge >= 0.3 is 6.18 Å². The Morgan fingerprint density at radius 2 is 1.80 bits per heavy atom. The fraction of sp³-hybridized carbons (Fsp3) is 0.333. The number of likely N-dealkylation sites (tertiary alicyclic amines) is 1. The molecule has 2 aliphatic rings. The number of rotatable bonds is 7. The van der Waals surface area contributed by atoms with E-state index in [2.05, 4.69) is 32.0 Å². The zero-order valence-corrected chi connectivity index (χ0v) is 25.0. The number of aromatic nitrogens is 4. The zero-order chi connectivity index (χ0) is 32.3. The highest BCUT2D eigenvalue weighted by Crippen LogP contribution is 2.48. The van der Waals surface area contributed by atoms with Gasteiger partial charge in [0.2, 0.25) is 0 Å². The summed E-state index contributed by atoms with van der Waals surface area (Å²) < 4.78 is 87.5. The molecule has 240 valence electrons. The van der Waals surface area contributed by atoms with Gasteiger partial charge in [-0.25, -0.2) is 18.7 Å². The Morgan fingerprint density at radius 3 is 2.52 bits per heavy atom. The molecule has 8 nitrogen and oxygen atoms in total. The highest BCUT2D eigenvalue weighted by molar-refractivity contribution is 5.83. The number of benzene rings is 2. The minimum Gasteiger partial charge on any atom is -0.454 e. The van der Waals surface area contributed by atoms with Crippen LogP contribution >= 0.6 is 0 Å². The van der Waals surface area contributed by atoms with Crippen LogP contribution < -0.4 is 9.64 Å². The molecular weight excluding hydrogens is 607 g/mol. The summed E-state index contributed by atoms with van der Waals surface area (Å²) in [4.78, 5) is 12.1. The summed E-state index contributed by atoms with van der Waals surface area (Å²) in [6.07, 6.45) is 1.58. The quantitative estimate of drug-likeness (QED) is 0.200. The first-order valence-electron chi connectivity index (χ1n) is 14.9. The van der Waals surface area contributed by atoms with Crippen LogP contribution in [0.3, 0.4) is 0 Å². The van der Waals surface area contributed by atoms with Crippen molar-refractivity contribution < 1.29 is 31.4 Å². The second-order valence-electron chi connectivity index (χ2n) is 11.2. The maximum atomic E-state index is 15.9. The third-order valence-corrected chi connectivity index (χ3v) is 8.32. The maximum Gasteiger partial charge on any atom is 0.422 e. The molecule has 0 radical (unpaired) electrons. The number of para-hydroxylation sites is 1. The highest BCUT2D eigenvalue weighted by Gasteiger charge is 2.44. The summed E-state index contributed by atoms with van der Waals surface area (Å²) in [6, 6.07) is 10.8. The van der Waals surface area contributed by atoms with Crippen molar-refractivity contribution in [2.75, 3.05) is 44.2 Å². The van der Waals surface area contributed by atoms with Crippen molar-refractivity contribution in [3.8, 4) is 22.8 Å². The van der Waals surface area contributed by atoms with E-state index in [0.29, 0.717) is 24.1 Å². The fourth-order valence-corrected chi connectivity index (χ4v) is 5.94. The van der Waals surface area contributed by atoms with Crippen LogP contribution in [0.4, 0.5) is 27.6 Å². The Bertz CT molecular complexity index is 1710. The average molecular weight is 639 g/mol. The molecule has 2 fully saturated rings. The van der Waals surface area contributed by atoms with Gasteiger partial charge in [0.1, 0.15) is 11.3 Å². The number of nitrogens with zero attached hydrogens (tertiary/aromatic N) is 6. The Labute approximate surface area is 262 Å². The van der Waals surface area contributed by atoms with E-state index in [9.17, 15) is 4.39 Å². The molecule has 0 saturated carbocycles. The van der Waals surface area contributed by atoms with E-state index >= 15 is 17.6 Å². The van der Waals surface area contributed by atoms with Gasteiger partial charge in [-0.15, -0.1) is 0 Å². The number of halogens is 5. The van der Waals surface area contributed by atoms with Crippen molar-refractivity contribution in [3.63, 3.8) is 0 Å². The lowest BCUT2D eigenvalue weighted by molar-refractivity contribution is -0.138. The summed E-state index contributed by atoms with van der Waals surface area (Å²) in [5, 5.41) is 7.54. The Hall–Kier alpha value is -4.49. The molecule has 2 aliphatic heterocycles. The van der Waals surface area contributed by atoms with Crippen LogP contribution in [0.25, 0.3) is 23.2 Å². The first kappa shape index (κ1) is 31.5. The molecule has 0 bridgehead atoms. The molecule has 2 aromatic heterocycles. The number of hydrogen-bond donors (Lipinski definition) is 0. The normalized spacial score (nSPS) is 17.3. The molecule has 0 N–H and O–H groups in total. The second kappa shape index (κ2) is 13.1. The molecule has 1 spiro atoms. The van der Waals surface area contributed by atoms with Crippen molar-refractivity contribution in [3.05, 3.63) is 89.9 Å². The van der Waals surface area contributed by atoms with Gasteiger partial charge in [-0.05, 0) is 61.9 Å². The molecule has 2 saturated heterocycles. The SMILES string of the molecule is CCN1CCC2(CC1)CN(c1c(/C=C(\F)c3nccc(-c4ccnnc4)n3)ccc(Oc3ccccc3F)c1C(F)(F)F)CCO2. The van der Waals surface area contributed by atoms with Crippen molar-refractivity contribution in [1.82, 2.24) is 25.1 Å². The van der Waals surface area contributed by atoms with Gasteiger partial charge in [0.15, 0.2) is 23.2 Å². The number of hydrogen-bond acceptors (Lipinski definition) is 8. The average Bonchev–Trinajstić information content (AvgIpc) is 3.06. The van der Waals surface area contributed by atoms with Crippen LogP contribution in [0.1, 0.15) is 36.7 Å². The summed E-state index contributed by atoms with van der Waals surface area (Å²) in [5.74, 6) is -3.04. The van der Waals surface area contributed by atoms with Crippen LogP contribution in [-0.4, -0.2) is 70.0 Å². The van der Waals surface area contributed by atoms with E-state index in [4.69, 9.17) is 9.47 Å². The second-order valence-corrected chi connectivity index (χ2v) is 11.2. The van der Waals surface area contributed by atoms with Crippen molar-refractivity contribution in [2.45, 2.75) is 31.5 Å². The molecule has 0 amide bonds. The van der Waals surface area contributed by atoms with Crippen LogP contribution in [0.2, 0.25) is 0 Å². The molecule has 4 aromatic rings. The van der Waals surface area contributed by atoms with Crippen LogP contribution in [0, 0.1) is 5.82 Å². The third-order valence-electron chi connectivity index (χ3n) is 8.32. The minimum absolute atomic E-state index is 0.0617. The Kier molecular flexibility index (Phi) is 8.96. The van der Waals surface area contributed by atoms with E-state index in [-0.39, 0.29) is 42.5 Å². The minimum atomic E-state index is -4.95. The van der Waals surface area contributed by atoms with Gasteiger partial charge in [0.25, 0.3) is 0 Å². The van der Waals surface area contributed by atoms with Crippen molar-refractivity contribution in [1.29, 1.82) is 0 Å². The largest absolute Gasteiger partial charge is 0.454 e. The van der Waals surface area contributed by atoms with Crippen molar-refractivity contribution >= 4 is 17.6 Å². The highest BCUT2D eigenvalue weighted by atomic mass is 19.4.